The highest BCUT2D eigenvalue weighted by Gasteiger charge is 2.42. The van der Waals surface area contributed by atoms with Crippen LogP contribution in [0.5, 0.6) is 0 Å². The van der Waals surface area contributed by atoms with Crippen LogP contribution >= 0.6 is 15.9 Å². The Kier molecular flexibility index (Phi) is 5.08. The van der Waals surface area contributed by atoms with Crippen LogP contribution in [0.3, 0.4) is 0 Å². The molecule has 0 amide bonds. The lowest BCUT2D eigenvalue weighted by Crippen LogP contribution is -2.49. The number of nitrogens with one attached hydrogen (secondary N) is 1. The van der Waals surface area contributed by atoms with Crippen molar-refractivity contribution in [2.75, 3.05) is 12.4 Å². The minimum Gasteiger partial charge on any atom is -0.467 e. The van der Waals surface area contributed by atoms with E-state index in [1.165, 1.54) is 13.5 Å². The molecule has 0 saturated heterocycles. The molecule has 0 spiro atoms. The van der Waals surface area contributed by atoms with E-state index in [4.69, 9.17) is 4.74 Å². The highest BCUT2D eigenvalue weighted by Crippen LogP contribution is 2.37. The molecule has 0 atom stereocenters. The Morgan fingerprint density at radius 2 is 1.95 bits per heavy atom. The zero-order valence-corrected chi connectivity index (χ0v) is 13.7. The van der Waals surface area contributed by atoms with Crippen molar-refractivity contribution < 1.29 is 9.53 Å². The summed E-state index contributed by atoms with van der Waals surface area (Å²) in [5, 5.41) is 3.42. The number of carbonyl (C=O) groups excluding carboxylic acids is 1. The summed E-state index contributed by atoms with van der Waals surface area (Å²) in [4.78, 5) is 12.3. The maximum atomic E-state index is 12.3. The van der Waals surface area contributed by atoms with Crippen molar-refractivity contribution in [3.05, 3.63) is 28.7 Å². The molecule has 110 valence electrons. The third-order valence-corrected chi connectivity index (χ3v) is 4.87. The number of rotatable bonds is 4. The molecular weight excluding hydrogens is 318 g/mol. The van der Waals surface area contributed by atoms with Gasteiger partial charge in [-0.15, -0.1) is 0 Å². The average molecular weight is 340 g/mol. The summed E-state index contributed by atoms with van der Waals surface area (Å²) in [5.74, 6) is 0.592. The van der Waals surface area contributed by atoms with Gasteiger partial charge in [0.1, 0.15) is 5.54 Å². The van der Waals surface area contributed by atoms with Gasteiger partial charge in [-0.05, 0) is 55.9 Å². The third kappa shape index (κ3) is 3.35. The Bertz CT molecular complexity index is 450. The van der Waals surface area contributed by atoms with E-state index in [1.54, 1.807) is 0 Å². The predicted molar refractivity (Wildman–Crippen MR) is 84.8 cm³/mol. The largest absolute Gasteiger partial charge is 0.467 e. The van der Waals surface area contributed by atoms with Crippen molar-refractivity contribution in [3.8, 4) is 0 Å². The second-order valence-corrected chi connectivity index (χ2v) is 6.47. The SMILES string of the molecule is CCC1CCC(Nc2ccc(Br)cc2)(C(=O)OC)CC1. The van der Waals surface area contributed by atoms with Gasteiger partial charge in [0.2, 0.25) is 0 Å². The number of halogens is 1. The van der Waals surface area contributed by atoms with Gasteiger partial charge in [0.25, 0.3) is 0 Å². The molecular formula is C16H22BrNO2. The van der Waals surface area contributed by atoms with E-state index in [2.05, 4.69) is 28.2 Å². The number of methoxy groups -OCH3 is 1. The first-order valence-corrected chi connectivity index (χ1v) is 8.01. The first kappa shape index (κ1) is 15.4. The van der Waals surface area contributed by atoms with Crippen LogP contribution in [0.1, 0.15) is 39.0 Å². The standard InChI is InChI=1S/C16H22BrNO2/c1-3-12-8-10-16(11-9-12,15(19)20-2)18-14-6-4-13(17)5-7-14/h4-7,12,18H,3,8-11H2,1-2H3. The summed E-state index contributed by atoms with van der Waals surface area (Å²) in [7, 11) is 1.47. The molecule has 0 heterocycles. The molecule has 1 fully saturated rings. The summed E-state index contributed by atoms with van der Waals surface area (Å²) >= 11 is 3.42. The second-order valence-electron chi connectivity index (χ2n) is 5.56. The lowest BCUT2D eigenvalue weighted by Gasteiger charge is -2.39. The highest BCUT2D eigenvalue weighted by molar-refractivity contribution is 9.10. The summed E-state index contributed by atoms with van der Waals surface area (Å²) in [5.41, 5.74) is 0.405. The Hall–Kier alpha value is -1.03. The van der Waals surface area contributed by atoms with Gasteiger partial charge in [0, 0.05) is 10.2 Å². The minimum atomic E-state index is -0.561. The van der Waals surface area contributed by atoms with Crippen LogP contribution < -0.4 is 5.32 Å². The van der Waals surface area contributed by atoms with Crippen LogP contribution in [0.4, 0.5) is 5.69 Å². The Morgan fingerprint density at radius 1 is 1.35 bits per heavy atom. The fourth-order valence-corrected chi connectivity index (χ4v) is 3.23. The molecule has 1 N–H and O–H groups in total. The van der Waals surface area contributed by atoms with Gasteiger partial charge in [0.15, 0.2) is 0 Å². The van der Waals surface area contributed by atoms with Crippen molar-refractivity contribution >= 4 is 27.6 Å². The summed E-state index contributed by atoms with van der Waals surface area (Å²) < 4.78 is 6.08. The fourth-order valence-electron chi connectivity index (χ4n) is 2.96. The normalized spacial score (nSPS) is 26.1. The Morgan fingerprint density at radius 3 is 2.45 bits per heavy atom. The number of hydrogen-bond donors (Lipinski definition) is 1. The number of carbonyl (C=O) groups is 1. The molecule has 1 saturated carbocycles. The minimum absolute atomic E-state index is 0.144. The van der Waals surface area contributed by atoms with E-state index in [9.17, 15) is 4.79 Å². The number of esters is 1. The molecule has 3 nitrogen and oxygen atoms in total. The summed E-state index contributed by atoms with van der Waals surface area (Å²) in [6.07, 6.45) is 5.03. The topological polar surface area (TPSA) is 38.3 Å². The number of ether oxygens (including phenoxy) is 1. The zero-order valence-electron chi connectivity index (χ0n) is 12.1. The summed E-state index contributed by atoms with van der Waals surface area (Å²) in [6.45, 7) is 2.22. The van der Waals surface area contributed by atoms with Crippen LogP contribution in [-0.4, -0.2) is 18.6 Å². The van der Waals surface area contributed by atoms with E-state index >= 15 is 0 Å². The Labute approximate surface area is 129 Å². The van der Waals surface area contributed by atoms with Crippen LogP contribution in [0, 0.1) is 5.92 Å². The van der Waals surface area contributed by atoms with Crippen molar-refractivity contribution in [1.82, 2.24) is 0 Å². The second kappa shape index (κ2) is 6.61. The van der Waals surface area contributed by atoms with E-state index in [0.29, 0.717) is 0 Å². The van der Waals surface area contributed by atoms with E-state index in [1.807, 2.05) is 24.3 Å². The molecule has 0 unspecified atom stereocenters. The maximum Gasteiger partial charge on any atom is 0.331 e. The smallest absolute Gasteiger partial charge is 0.331 e. The lowest BCUT2D eigenvalue weighted by atomic mass is 9.75. The van der Waals surface area contributed by atoms with Gasteiger partial charge in [-0.3, -0.25) is 0 Å². The monoisotopic (exact) mass is 339 g/mol. The zero-order chi connectivity index (χ0) is 14.6. The van der Waals surface area contributed by atoms with E-state index in [0.717, 1.165) is 41.8 Å². The molecule has 0 bridgehead atoms. The first-order valence-electron chi connectivity index (χ1n) is 7.22. The number of anilines is 1. The predicted octanol–water partition coefficient (Wildman–Crippen LogP) is 4.37. The molecule has 4 heteroatoms. The lowest BCUT2D eigenvalue weighted by molar-refractivity contribution is -0.147. The van der Waals surface area contributed by atoms with Crippen LogP contribution in [0.15, 0.2) is 28.7 Å². The molecule has 1 aromatic rings. The van der Waals surface area contributed by atoms with Crippen molar-refractivity contribution in [2.24, 2.45) is 5.92 Å². The van der Waals surface area contributed by atoms with Crippen molar-refractivity contribution in [1.29, 1.82) is 0 Å². The van der Waals surface area contributed by atoms with Gasteiger partial charge in [-0.1, -0.05) is 29.3 Å². The molecule has 2 rings (SSSR count). The third-order valence-electron chi connectivity index (χ3n) is 4.34. The average Bonchev–Trinajstić information content (AvgIpc) is 2.49. The van der Waals surface area contributed by atoms with Gasteiger partial charge in [-0.2, -0.15) is 0 Å². The van der Waals surface area contributed by atoms with Gasteiger partial charge >= 0.3 is 5.97 Å². The van der Waals surface area contributed by atoms with E-state index < -0.39 is 5.54 Å². The molecule has 0 aromatic heterocycles. The number of benzene rings is 1. The molecule has 1 aliphatic carbocycles. The first-order chi connectivity index (χ1) is 9.59. The van der Waals surface area contributed by atoms with Crippen molar-refractivity contribution in [2.45, 2.75) is 44.6 Å². The van der Waals surface area contributed by atoms with Crippen LogP contribution in [0.25, 0.3) is 0 Å². The quantitative estimate of drug-likeness (QED) is 0.827. The van der Waals surface area contributed by atoms with Gasteiger partial charge in [-0.25, -0.2) is 4.79 Å². The van der Waals surface area contributed by atoms with Gasteiger partial charge < -0.3 is 10.1 Å². The molecule has 0 radical (unpaired) electrons. The molecule has 20 heavy (non-hydrogen) atoms. The van der Waals surface area contributed by atoms with Gasteiger partial charge in [0.05, 0.1) is 7.11 Å². The Balaban J connectivity index is 2.16. The fraction of sp³-hybridized carbons (Fsp3) is 0.562. The molecule has 1 aliphatic rings. The number of hydrogen-bond acceptors (Lipinski definition) is 3. The molecule has 1 aromatic carbocycles. The summed E-state index contributed by atoms with van der Waals surface area (Å²) in [6, 6.07) is 7.93. The van der Waals surface area contributed by atoms with Crippen molar-refractivity contribution in [3.63, 3.8) is 0 Å². The maximum absolute atomic E-state index is 12.3. The van der Waals surface area contributed by atoms with Crippen LogP contribution in [-0.2, 0) is 9.53 Å². The molecule has 0 aliphatic heterocycles. The van der Waals surface area contributed by atoms with Crippen LogP contribution in [0.2, 0.25) is 0 Å². The highest BCUT2D eigenvalue weighted by atomic mass is 79.9. The van der Waals surface area contributed by atoms with E-state index in [-0.39, 0.29) is 5.97 Å².